The molecule has 0 heterocycles. The van der Waals surface area contributed by atoms with Gasteiger partial charge in [-0.15, -0.1) is 6.58 Å². The van der Waals surface area contributed by atoms with Gasteiger partial charge in [0.05, 0.1) is 6.61 Å². The maximum absolute atomic E-state index is 5.99. The monoisotopic (exact) mass is 274 g/mol. The van der Waals surface area contributed by atoms with E-state index in [0.29, 0.717) is 6.61 Å². The first kappa shape index (κ1) is 13.6. The first-order valence-corrected chi connectivity index (χ1v) is 7.13. The molecule has 21 heavy (non-hydrogen) atoms. The summed E-state index contributed by atoms with van der Waals surface area (Å²) in [6, 6.07) is 25.0. The molecule has 0 saturated carbocycles. The molecule has 1 atom stereocenters. The molecule has 0 N–H and O–H groups in total. The Balaban J connectivity index is 1.74. The van der Waals surface area contributed by atoms with Gasteiger partial charge in [0.15, 0.2) is 0 Å². The summed E-state index contributed by atoms with van der Waals surface area (Å²) in [7, 11) is 0. The van der Waals surface area contributed by atoms with Gasteiger partial charge in [0.1, 0.15) is 6.10 Å². The second kappa shape index (κ2) is 6.38. The van der Waals surface area contributed by atoms with Crippen molar-refractivity contribution in [3.05, 3.63) is 96.6 Å². The second-order valence-corrected chi connectivity index (χ2v) is 5.06. The van der Waals surface area contributed by atoms with Gasteiger partial charge < -0.3 is 4.74 Å². The number of hydrogen-bond acceptors (Lipinski definition) is 1. The minimum absolute atomic E-state index is 0.0716. The Morgan fingerprint density at radius 2 is 1.57 bits per heavy atom. The first-order valence-electron chi connectivity index (χ1n) is 7.13. The van der Waals surface area contributed by atoms with Gasteiger partial charge in [-0.2, -0.15) is 0 Å². The third-order valence-corrected chi connectivity index (χ3v) is 3.59. The van der Waals surface area contributed by atoms with E-state index >= 15 is 0 Å². The molecule has 0 amide bonds. The summed E-state index contributed by atoms with van der Waals surface area (Å²) in [5.41, 5.74) is 2.31. The Bertz CT molecular complexity index is 731. The van der Waals surface area contributed by atoms with Gasteiger partial charge in [0, 0.05) is 0 Å². The summed E-state index contributed by atoms with van der Waals surface area (Å²) in [5.74, 6) is 0. The normalized spacial score (nSPS) is 12.2. The van der Waals surface area contributed by atoms with Crippen LogP contribution in [0.5, 0.6) is 0 Å². The Kier molecular flexibility index (Phi) is 4.13. The van der Waals surface area contributed by atoms with E-state index in [1.54, 1.807) is 0 Å². The van der Waals surface area contributed by atoms with Crippen molar-refractivity contribution in [3.8, 4) is 0 Å². The number of rotatable bonds is 5. The lowest BCUT2D eigenvalue weighted by Gasteiger charge is -2.14. The lowest BCUT2D eigenvalue weighted by Crippen LogP contribution is -2.01. The van der Waals surface area contributed by atoms with Gasteiger partial charge >= 0.3 is 0 Å². The van der Waals surface area contributed by atoms with Crippen LogP contribution in [0.3, 0.4) is 0 Å². The zero-order valence-electron chi connectivity index (χ0n) is 11.9. The van der Waals surface area contributed by atoms with E-state index in [1.165, 1.54) is 16.3 Å². The first-order chi connectivity index (χ1) is 10.4. The van der Waals surface area contributed by atoms with Crippen LogP contribution in [0, 0.1) is 0 Å². The Labute approximate surface area is 125 Å². The highest BCUT2D eigenvalue weighted by Crippen LogP contribution is 2.21. The predicted octanol–water partition coefficient (Wildman–Crippen LogP) is 5.28. The number of hydrogen-bond donors (Lipinski definition) is 0. The summed E-state index contributed by atoms with van der Waals surface area (Å²) < 4.78 is 5.99. The molecule has 1 heteroatoms. The number of fused-ring (bicyclic) bond motifs is 1. The van der Waals surface area contributed by atoms with Crippen LogP contribution in [0.1, 0.15) is 17.2 Å². The summed E-state index contributed by atoms with van der Waals surface area (Å²) in [6.07, 6.45) is 1.77. The Hall–Kier alpha value is -2.38. The van der Waals surface area contributed by atoms with Crippen molar-refractivity contribution in [3.63, 3.8) is 0 Å². The fourth-order valence-electron chi connectivity index (χ4n) is 2.46. The molecular weight excluding hydrogens is 256 g/mol. The van der Waals surface area contributed by atoms with Crippen molar-refractivity contribution in [2.45, 2.75) is 12.7 Å². The van der Waals surface area contributed by atoms with Crippen molar-refractivity contribution in [1.29, 1.82) is 0 Å². The van der Waals surface area contributed by atoms with Crippen LogP contribution in [0.25, 0.3) is 10.8 Å². The smallest absolute Gasteiger partial charge is 0.101 e. The summed E-state index contributed by atoms with van der Waals surface area (Å²) >= 11 is 0. The van der Waals surface area contributed by atoms with Gasteiger partial charge in [0.2, 0.25) is 0 Å². The molecule has 3 rings (SSSR count). The molecule has 0 radical (unpaired) electrons. The fourth-order valence-corrected chi connectivity index (χ4v) is 2.46. The second-order valence-electron chi connectivity index (χ2n) is 5.06. The van der Waals surface area contributed by atoms with Crippen molar-refractivity contribution in [1.82, 2.24) is 0 Å². The van der Waals surface area contributed by atoms with Crippen molar-refractivity contribution in [2.24, 2.45) is 0 Å². The highest BCUT2D eigenvalue weighted by atomic mass is 16.5. The maximum atomic E-state index is 5.99. The largest absolute Gasteiger partial charge is 0.365 e. The fraction of sp³-hybridized carbons (Fsp3) is 0.100. The summed E-state index contributed by atoms with van der Waals surface area (Å²) in [6.45, 7) is 4.45. The van der Waals surface area contributed by atoms with E-state index in [-0.39, 0.29) is 6.10 Å². The topological polar surface area (TPSA) is 9.23 Å². The average Bonchev–Trinajstić information content (AvgIpc) is 2.56. The van der Waals surface area contributed by atoms with Gasteiger partial charge in [0.25, 0.3) is 0 Å². The minimum Gasteiger partial charge on any atom is -0.365 e. The predicted molar refractivity (Wildman–Crippen MR) is 88.1 cm³/mol. The van der Waals surface area contributed by atoms with Gasteiger partial charge in [-0.05, 0) is 28.0 Å². The van der Waals surface area contributed by atoms with Crippen LogP contribution < -0.4 is 0 Å². The quantitative estimate of drug-likeness (QED) is 0.575. The molecule has 104 valence electrons. The van der Waals surface area contributed by atoms with Crippen LogP contribution in [0.15, 0.2) is 85.5 Å². The third-order valence-electron chi connectivity index (χ3n) is 3.59. The molecule has 0 aromatic heterocycles. The zero-order chi connectivity index (χ0) is 14.5. The highest BCUT2D eigenvalue weighted by molar-refractivity contribution is 5.82. The number of benzene rings is 3. The van der Waals surface area contributed by atoms with Crippen molar-refractivity contribution < 1.29 is 4.74 Å². The van der Waals surface area contributed by atoms with Gasteiger partial charge in [-0.25, -0.2) is 0 Å². The molecule has 0 spiro atoms. The van der Waals surface area contributed by atoms with Crippen LogP contribution in [-0.2, 0) is 11.3 Å². The molecule has 0 unspecified atom stereocenters. The molecule has 3 aromatic carbocycles. The lowest BCUT2D eigenvalue weighted by molar-refractivity contribution is 0.0721. The standard InChI is InChI=1S/C20H18O/c1-2-20(18-9-4-3-5-10-18)21-15-16-12-13-17-8-6-7-11-19(17)14-16/h2-14,20H,1,15H2/t20-/m1/s1. The SMILES string of the molecule is C=C[C@@H](OCc1ccc2ccccc2c1)c1ccccc1. The number of ether oxygens (including phenoxy) is 1. The minimum atomic E-state index is -0.0716. The van der Waals surface area contributed by atoms with Crippen molar-refractivity contribution in [2.75, 3.05) is 0 Å². The van der Waals surface area contributed by atoms with E-state index in [9.17, 15) is 0 Å². The van der Waals surface area contributed by atoms with Crippen LogP contribution in [0.2, 0.25) is 0 Å². The summed E-state index contributed by atoms with van der Waals surface area (Å²) in [5, 5.41) is 2.50. The lowest BCUT2D eigenvalue weighted by atomic mass is 10.1. The van der Waals surface area contributed by atoms with Gasteiger partial charge in [-0.1, -0.05) is 72.8 Å². The average molecular weight is 274 g/mol. The molecule has 1 nitrogen and oxygen atoms in total. The van der Waals surface area contributed by atoms with E-state index in [1.807, 2.05) is 24.3 Å². The molecular formula is C20H18O. The van der Waals surface area contributed by atoms with E-state index < -0.39 is 0 Å². The highest BCUT2D eigenvalue weighted by Gasteiger charge is 2.07. The summed E-state index contributed by atoms with van der Waals surface area (Å²) in [4.78, 5) is 0. The third kappa shape index (κ3) is 3.21. The maximum Gasteiger partial charge on any atom is 0.101 e. The molecule has 0 aliphatic carbocycles. The molecule has 0 aliphatic rings. The van der Waals surface area contributed by atoms with Crippen molar-refractivity contribution >= 4 is 10.8 Å². The molecule has 0 fully saturated rings. The zero-order valence-corrected chi connectivity index (χ0v) is 11.9. The molecule has 0 aliphatic heterocycles. The molecule has 0 saturated heterocycles. The van der Waals surface area contributed by atoms with Crippen LogP contribution in [-0.4, -0.2) is 0 Å². The van der Waals surface area contributed by atoms with Crippen LogP contribution in [0.4, 0.5) is 0 Å². The molecule has 0 bridgehead atoms. The van der Waals surface area contributed by atoms with E-state index in [0.717, 1.165) is 5.56 Å². The Morgan fingerprint density at radius 3 is 2.33 bits per heavy atom. The Morgan fingerprint density at radius 1 is 0.857 bits per heavy atom. The van der Waals surface area contributed by atoms with E-state index in [2.05, 4.69) is 61.2 Å². The van der Waals surface area contributed by atoms with E-state index in [4.69, 9.17) is 4.74 Å². The van der Waals surface area contributed by atoms with Gasteiger partial charge in [-0.3, -0.25) is 0 Å². The molecule has 3 aromatic rings. The van der Waals surface area contributed by atoms with Crippen LogP contribution >= 0.6 is 0 Å².